The van der Waals surface area contributed by atoms with Crippen LogP contribution in [0.15, 0.2) is 30.5 Å². The van der Waals surface area contributed by atoms with E-state index in [1.807, 2.05) is 25.1 Å². The second-order valence-corrected chi connectivity index (χ2v) is 3.50. The monoisotopic (exact) mass is 231 g/mol. The Balaban J connectivity index is 2.27. The van der Waals surface area contributed by atoms with Gasteiger partial charge in [0.1, 0.15) is 0 Å². The van der Waals surface area contributed by atoms with Gasteiger partial charge in [-0.2, -0.15) is 5.10 Å². The zero-order valence-electron chi connectivity index (χ0n) is 9.75. The predicted octanol–water partition coefficient (Wildman–Crippen LogP) is 1.75. The number of hydrogen-bond acceptors (Lipinski definition) is 4. The number of rotatable bonds is 3. The van der Waals surface area contributed by atoms with Crippen molar-refractivity contribution in [3.63, 3.8) is 0 Å². The Hall–Kier alpha value is -2.17. The molecule has 5 heteroatoms. The van der Waals surface area contributed by atoms with Crippen LogP contribution in [-0.2, 0) is 4.74 Å². The van der Waals surface area contributed by atoms with Crippen molar-refractivity contribution in [3.8, 4) is 5.82 Å². The molecule has 0 radical (unpaired) electrons. The number of carbonyl (C=O) groups excluding carboxylic acids is 1. The molecule has 0 aliphatic heterocycles. The summed E-state index contributed by atoms with van der Waals surface area (Å²) in [5.74, 6) is 0.263. The third-order valence-electron chi connectivity index (χ3n) is 2.18. The molecule has 0 aromatic carbocycles. The maximum Gasteiger partial charge on any atom is 0.358 e. The van der Waals surface area contributed by atoms with E-state index < -0.39 is 5.97 Å². The number of nitrogens with zero attached hydrogens (tertiary/aromatic N) is 3. The van der Waals surface area contributed by atoms with Gasteiger partial charge in [-0.1, -0.05) is 6.07 Å². The fourth-order valence-electron chi connectivity index (χ4n) is 1.42. The first-order valence-corrected chi connectivity index (χ1v) is 5.37. The van der Waals surface area contributed by atoms with Gasteiger partial charge in [-0.25, -0.2) is 14.5 Å². The summed E-state index contributed by atoms with van der Waals surface area (Å²) in [5, 5.41) is 4.12. The molecule has 0 unspecified atom stereocenters. The van der Waals surface area contributed by atoms with Gasteiger partial charge in [-0.15, -0.1) is 0 Å². The van der Waals surface area contributed by atoms with Crippen molar-refractivity contribution in [2.75, 3.05) is 6.61 Å². The minimum atomic E-state index is -0.418. The van der Waals surface area contributed by atoms with Crippen LogP contribution in [-0.4, -0.2) is 27.3 Å². The van der Waals surface area contributed by atoms with Crippen molar-refractivity contribution < 1.29 is 9.53 Å². The van der Waals surface area contributed by atoms with E-state index in [1.165, 1.54) is 0 Å². The maximum atomic E-state index is 11.4. The summed E-state index contributed by atoms with van der Waals surface area (Å²) in [5.41, 5.74) is 1.19. The van der Waals surface area contributed by atoms with Crippen molar-refractivity contribution in [1.82, 2.24) is 14.8 Å². The van der Waals surface area contributed by atoms with Crippen LogP contribution in [0.25, 0.3) is 5.82 Å². The van der Waals surface area contributed by atoms with Gasteiger partial charge in [-0.05, 0) is 32.0 Å². The minimum Gasteiger partial charge on any atom is -0.461 e. The van der Waals surface area contributed by atoms with Crippen LogP contribution in [0.4, 0.5) is 0 Å². The first-order chi connectivity index (χ1) is 8.20. The van der Waals surface area contributed by atoms with Crippen molar-refractivity contribution >= 4 is 5.97 Å². The molecule has 0 bridgehead atoms. The second kappa shape index (κ2) is 4.78. The summed E-state index contributed by atoms with van der Waals surface area (Å²) in [6.07, 6.45) is 1.69. The number of ether oxygens (including phenoxy) is 1. The minimum absolute atomic E-state index is 0.287. The van der Waals surface area contributed by atoms with Crippen LogP contribution >= 0.6 is 0 Å². The smallest absolute Gasteiger partial charge is 0.358 e. The number of esters is 1. The highest BCUT2D eigenvalue weighted by Gasteiger charge is 2.11. The molecule has 0 N–H and O–H groups in total. The van der Waals surface area contributed by atoms with Gasteiger partial charge in [0, 0.05) is 11.9 Å². The Morgan fingerprint density at radius 3 is 2.94 bits per heavy atom. The van der Waals surface area contributed by atoms with Crippen LogP contribution in [0.3, 0.4) is 0 Å². The topological polar surface area (TPSA) is 57.0 Å². The highest BCUT2D eigenvalue weighted by molar-refractivity contribution is 5.87. The highest BCUT2D eigenvalue weighted by atomic mass is 16.5. The lowest BCUT2D eigenvalue weighted by Gasteiger charge is -2.01. The van der Waals surface area contributed by atoms with E-state index in [1.54, 1.807) is 23.9 Å². The number of aryl methyl sites for hydroxylation is 1. The van der Waals surface area contributed by atoms with E-state index in [2.05, 4.69) is 10.1 Å². The molecule has 0 aliphatic rings. The van der Waals surface area contributed by atoms with E-state index in [-0.39, 0.29) is 5.69 Å². The molecule has 2 rings (SSSR count). The lowest BCUT2D eigenvalue weighted by Crippen LogP contribution is -2.07. The highest BCUT2D eigenvalue weighted by Crippen LogP contribution is 2.06. The SMILES string of the molecule is CCOC(=O)c1ccn(-c2cccc(C)n2)n1. The van der Waals surface area contributed by atoms with Gasteiger partial charge in [-0.3, -0.25) is 0 Å². The first kappa shape index (κ1) is 11.3. The van der Waals surface area contributed by atoms with Crippen molar-refractivity contribution in [2.45, 2.75) is 13.8 Å². The summed E-state index contributed by atoms with van der Waals surface area (Å²) >= 11 is 0. The van der Waals surface area contributed by atoms with E-state index >= 15 is 0 Å². The molecular formula is C12H13N3O2. The molecule has 2 aromatic heterocycles. The van der Waals surface area contributed by atoms with E-state index in [9.17, 15) is 4.79 Å². The fraction of sp³-hybridized carbons (Fsp3) is 0.250. The van der Waals surface area contributed by atoms with Crippen LogP contribution in [0.5, 0.6) is 0 Å². The average Bonchev–Trinajstić information content (AvgIpc) is 2.78. The van der Waals surface area contributed by atoms with Gasteiger partial charge < -0.3 is 4.74 Å². The number of pyridine rings is 1. The Labute approximate surface area is 99.1 Å². The molecule has 0 saturated carbocycles. The van der Waals surface area contributed by atoms with Gasteiger partial charge in [0.25, 0.3) is 0 Å². The zero-order chi connectivity index (χ0) is 12.3. The third-order valence-corrected chi connectivity index (χ3v) is 2.18. The standard InChI is InChI=1S/C12H13N3O2/c1-3-17-12(16)10-7-8-15(14-10)11-6-4-5-9(2)13-11/h4-8H,3H2,1-2H3. The van der Waals surface area contributed by atoms with Crippen LogP contribution < -0.4 is 0 Å². The van der Waals surface area contributed by atoms with Crippen molar-refractivity contribution in [1.29, 1.82) is 0 Å². The molecule has 5 nitrogen and oxygen atoms in total. The summed E-state index contributed by atoms with van der Waals surface area (Å²) in [4.78, 5) is 15.7. The predicted molar refractivity (Wildman–Crippen MR) is 62.1 cm³/mol. The fourth-order valence-corrected chi connectivity index (χ4v) is 1.42. The molecule has 0 spiro atoms. The normalized spacial score (nSPS) is 10.2. The average molecular weight is 231 g/mol. The molecule has 0 atom stereocenters. The quantitative estimate of drug-likeness (QED) is 0.755. The van der Waals surface area contributed by atoms with Gasteiger partial charge >= 0.3 is 5.97 Å². The molecule has 0 saturated heterocycles. The summed E-state index contributed by atoms with van der Waals surface area (Å²) in [6, 6.07) is 7.24. The molecule has 2 heterocycles. The zero-order valence-corrected chi connectivity index (χ0v) is 9.75. The van der Waals surface area contributed by atoms with Crippen LogP contribution in [0, 0.1) is 6.92 Å². The Morgan fingerprint density at radius 1 is 1.41 bits per heavy atom. The first-order valence-electron chi connectivity index (χ1n) is 5.37. The lowest BCUT2D eigenvalue weighted by molar-refractivity contribution is 0.0519. The molecule has 17 heavy (non-hydrogen) atoms. The Bertz CT molecular complexity index is 534. The molecule has 88 valence electrons. The Kier molecular flexibility index (Phi) is 3.18. The van der Waals surface area contributed by atoms with E-state index in [0.29, 0.717) is 12.4 Å². The molecular weight excluding hydrogens is 218 g/mol. The number of aromatic nitrogens is 3. The van der Waals surface area contributed by atoms with Crippen molar-refractivity contribution in [2.24, 2.45) is 0 Å². The molecule has 2 aromatic rings. The Morgan fingerprint density at radius 2 is 2.24 bits per heavy atom. The molecule has 0 amide bonds. The van der Waals surface area contributed by atoms with Crippen LogP contribution in [0.2, 0.25) is 0 Å². The largest absolute Gasteiger partial charge is 0.461 e. The second-order valence-electron chi connectivity index (χ2n) is 3.50. The lowest BCUT2D eigenvalue weighted by atomic mass is 10.4. The summed E-state index contributed by atoms with van der Waals surface area (Å²) < 4.78 is 6.42. The van der Waals surface area contributed by atoms with Gasteiger partial charge in [0.2, 0.25) is 0 Å². The van der Waals surface area contributed by atoms with Crippen LogP contribution in [0.1, 0.15) is 23.1 Å². The maximum absolute atomic E-state index is 11.4. The van der Waals surface area contributed by atoms with Gasteiger partial charge in [0.15, 0.2) is 11.5 Å². The third kappa shape index (κ3) is 2.50. The summed E-state index contributed by atoms with van der Waals surface area (Å²) in [7, 11) is 0. The molecule has 0 fully saturated rings. The molecule has 0 aliphatic carbocycles. The summed E-state index contributed by atoms with van der Waals surface area (Å²) in [6.45, 7) is 4.00. The van der Waals surface area contributed by atoms with E-state index in [4.69, 9.17) is 4.74 Å². The van der Waals surface area contributed by atoms with Crippen molar-refractivity contribution in [3.05, 3.63) is 41.9 Å². The van der Waals surface area contributed by atoms with E-state index in [0.717, 1.165) is 5.69 Å². The number of carbonyl (C=O) groups is 1. The number of hydrogen-bond donors (Lipinski definition) is 0. The van der Waals surface area contributed by atoms with Gasteiger partial charge in [0.05, 0.1) is 6.61 Å².